The van der Waals surface area contributed by atoms with E-state index < -0.39 is 5.82 Å². The predicted octanol–water partition coefficient (Wildman–Crippen LogP) is 3.28. The fraction of sp³-hybridized carbons (Fsp3) is 0.444. The van der Waals surface area contributed by atoms with E-state index in [9.17, 15) is 14.4 Å². The summed E-state index contributed by atoms with van der Waals surface area (Å²) in [6, 6.07) is 4.62. The summed E-state index contributed by atoms with van der Waals surface area (Å²) in [6.07, 6.45) is 1.49. The second kappa shape index (κ2) is 9.31. The number of oxime groups is 1. The van der Waals surface area contributed by atoms with Crippen molar-refractivity contribution in [1.29, 1.82) is 0 Å². The van der Waals surface area contributed by atoms with Crippen LogP contribution in [0.4, 0.5) is 15.9 Å². The third kappa shape index (κ3) is 5.10. The standard InChI is InChI=1S/C18H22BrFN6O3/c1-10(2)26-7-5-11(6-8-26)18(27)22-17-15(24-29-25-17)16(23-28)21-12-3-4-14(20)13(19)9-12/h3-4,9-11,28H,5-8H2,1-2H3,(H,21,23)(H,22,25,27). The Hall–Kier alpha value is -2.53. The fourth-order valence-corrected chi connectivity index (χ4v) is 3.54. The maximum atomic E-state index is 13.4. The lowest BCUT2D eigenvalue weighted by atomic mass is 9.95. The molecule has 0 bridgehead atoms. The zero-order chi connectivity index (χ0) is 21.0. The van der Waals surface area contributed by atoms with Crippen LogP contribution in [-0.4, -0.2) is 51.3 Å². The summed E-state index contributed by atoms with van der Waals surface area (Å²) in [5.74, 6) is -0.827. The van der Waals surface area contributed by atoms with Gasteiger partial charge in [-0.3, -0.25) is 4.79 Å². The highest BCUT2D eigenvalue weighted by molar-refractivity contribution is 9.10. The molecule has 3 N–H and O–H groups in total. The largest absolute Gasteiger partial charge is 0.409 e. The molecule has 3 rings (SSSR count). The van der Waals surface area contributed by atoms with Crippen molar-refractivity contribution in [3.63, 3.8) is 0 Å². The van der Waals surface area contributed by atoms with Crippen LogP contribution in [-0.2, 0) is 4.79 Å². The summed E-state index contributed by atoms with van der Waals surface area (Å²) in [4.78, 5) is 15.0. The van der Waals surface area contributed by atoms with E-state index in [0.29, 0.717) is 11.7 Å². The van der Waals surface area contributed by atoms with Crippen molar-refractivity contribution in [2.75, 3.05) is 23.7 Å². The normalized spacial score (nSPS) is 16.2. The lowest BCUT2D eigenvalue weighted by Crippen LogP contribution is -2.41. The summed E-state index contributed by atoms with van der Waals surface area (Å²) < 4.78 is 18.4. The SMILES string of the molecule is CC(C)N1CCC(C(=O)Nc2nonc2/C(=N\O)Nc2ccc(F)c(Br)c2)CC1. The van der Waals surface area contributed by atoms with Gasteiger partial charge in [0, 0.05) is 17.6 Å². The highest BCUT2D eigenvalue weighted by Crippen LogP contribution is 2.23. The van der Waals surface area contributed by atoms with Crippen LogP contribution < -0.4 is 10.6 Å². The van der Waals surface area contributed by atoms with Crippen molar-refractivity contribution in [3.05, 3.63) is 34.2 Å². The van der Waals surface area contributed by atoms with Gasteiger partial charge in [-0.2, -0.15) is 0 Å². The topological polar surface area (TPSA) is 116 Å². The van der Waals surface area contributed by atoms with Crippen LogP contribution in [0.5, 0.6) is 0 Å². The Morgan fingerprint density at radius 2 is 2.07 bits per heavy atom. The molecule has 1 aromatic carbocycles. The molecule has 0 aliphatic carbocycles. The van der Waals surface area contributed by atoms with E-state index in [4.69, 9.17) is 4.63 Å². The number of benzene rings is 1. The van der Waals surface area contributed by atoms with E-state index in [-0.39, 0.29) is 33.6 Å². The van der Waals surface area contributed by atoms with Crippen LogP contribution >= 0.6 is 15.9 Å². The summed E-state index contributed by atoms with van der Waals surface area (Å²) in [6.45, 7) is 5.97. The quantitative estimate of drug-likeness (QED) is 0.266. The minimum Gasteiger partial charge on any atom is -0.409 e. The zero-order valence-corrected chi connectivity index (χ0v) is 17.6. The van der Waals surface area contributed by atoms with Gasteiger partial charge in [-0.25, -0.2) is 9.02 Å². The maximum Gasteiger partial charge on any atom is 0.228 e. The van der Waals surface area contributed by atoms with Crippen molar-refractivity contribution >= 4 is 39.2 Å². The number of aromatic nitrogens is 2. The van der Waals surface area contributed by atoms with Gasteiger partial charge in [-0.05, 0) is 84.2 Å². The molecule has 11 heteroatoms. The van der Waals surface area contributed by atoms with Gasteiger partial charge in [-0.1, -0.05) is 5.16 Å². The second-order valence-electron chi connectivity index (χ2n) is 7.06. The number of nitrogens with one attached hydrogen (secondary N) is 2. The number of carbonyl (C=O) groups is 1. The van der Waals surface area contributed by atoms with Gasteiger partial charge in [0.15, 0.2) is 5.69 Å². The van der Waals surface area contributed by atoms with Gasteiger partial charge in [-0.15, -0.1) is 0 Å². The average molecular weight is 469 g/mol. The summed E-state index contributed by atoms with van der Waals surface area (Å²) in [5, 5.41) is 25.5. The van der Waals surface area contributed by atoms with E-state index in [1.54, 1.807) is 0 Å². The van der Waals surface area contributed by atoms with Crippen LogP contribution in [0.3, 0.4) is 0 Å². The van der Waals surface area contributed by atoms with Crippen LogP contribution in [0, 0.1) is 11.7 Å². The highest BCUT2D eigenvalue weighted by Gasteiger charge is 2.28. The molecule has 1 aliphatic rings. The van der Waals surface area contributed by atoms with Gasteiger partial charge in [0.25, 0.3) is 0 Å². The first-order valence-corrected chi connectivity index (χ1v) is 10.00. The van der Waals surface area contributed by atoms with E-state index in [0.717, 1.165) is 25.9 Å². The molecule has 1 amide bonds. The van der Waals surface area contributed by atoms with Crippen molar-refractivity contribution in [2.24, 2.45) is 11.1 Å². The van der Waals surface area contributed by atoms with E-state index in [1.807, 2.05) is 0 Å². The Bertz CT molecular complexity index is 895. The molecule has 0 radical (unpaired) electrons. The zero-order valence-electron chi connectivity index (χ0n) is 16.0. The number of carbonyl (C=O) groups excluding carboxylic acids is 1. The van der Waals surface area contributed by atoms with Crippen molar-refractivity contribution in [2.45, 2.75) is 32.7 Å². The molecule has 1 saturated heterocycles. The van der Waals surface area contributed by atoms with Crippen molar-refractivity contribution < 1.29 is 19.0 Å². The minimum atomic E-state index is -0.433. The molecular formula is C18H22BrFN6O3. The summed E-state index contributed by atoms with van der Waals surface area (Å²) >= 11 is 3.09. The van der Waals surface area contributed by atoms with Crippen LogP contribution in [0.2, 0.25) is 0 Å². The fourth-order valence-electron chi connectivity index (χ4n) is 3.16. The number of nitrogens with zero attached hydrogens (tertiary/aromatic N) is 4. The first-order chi connectivity index (χ1) is 13.9. The monoisotopic (exact) mass is 468 g/mol. The number of hydrogen-bond donors (Lipinski definition) is 3. The molecule has 9 nitrogen and oxygen atoms in total. The molecule has 0 unspecified atom stereocenters. The molecular weight excluding hydrogens is 447 g/mol. The highest BCUT2D eigenvalue weighted by atomic mass is 79.9. The maximum absolute atomic E-state index is 13.4. The van der Waals surface area contributed by atoms with Crippen LogP contribution in [0.25, 0.3) is 0 Å². The summed E-state index contributed by atoms with van der Waals surface area (Å²) in [5.41, 5.74) is 0.466. The molecule has 0 spiro atoms. The first kappa shape index (κ1) is 21.2. The number of likely N-dealkylation sites (tertiary alicyclic amines) is 1. The lowest BCUT2D eigenvalue weighted by Gasteiger charge is -2.33. The Balaban J connectivity index is 1.68. The van der Waals surface area contributed by atoms with Gasteiger partial charge in [0.1, 0.15) is 5.82 Å². The van der Waals surface area contributed by atoms with E-state index >= 15 is 0 Å². The lowest BCUT2D eigenvalue weighted by molar-refractivity contribution is -0.121. The number of amidine groups is 1. The minimum absolute atomic E-state index is 0.0286. The van der Waals surface area contributed by atoms with Crippen molar-refractivity contribution in [1.82, 2.24) is 15.2 Å². The van der Waals surface area contributed by atoms with Gasteiger partial charge >= 0.3 is 0 Å². The number of hydrogen-bond acceptors (Lipinski definition) is 7. The molecule has 0 atom stereocenters. The molecule has 1 aromatic heterocycles. The van der Waals surface area contributed by atoms with Gasteiger partial charge in [0.05, 0.1) is 4.47 Å². The van der Waals surface area contributed by atoms with Crippen molar-refractivity contribution in [3.8, 4) is 0 Å². The first-order valence-electron chi connectivity index (χ1n) is 9.21. The van der Waals surface area contributed by atoms with E-state index in [2.05, 4.69) is 60.8 Å². The predicted molar refractivity (Wildman–Crippen MR) is 108 cm³/mol. The molecule has 2 heterocycles. The molecule has 0 saturated carbocycles. The number of rotatable bonds is 5. The average Bonchev–Trinajstić information content (AvgIpc) is 3.16. The number of halogens is 2. The Morgan fingerprint density at radius 3 is 2.69 bits per heavy atom. The Morgan fingerprint density at radius 1 is 1.34 bits per heavy atom. The number of amides is 1. The number of piperidine rings is 1. The number of anilines is 2. The molecule has 2 aromatic rings. The Kier molecular flexibility index (Phi) is 6.80. The smallest absolute Gasteiger partial charge is 0.228 e. The van der Waals surface area contributed by atoms with Gasteiger partial charge < -0.3 is 20.7 Å². The third-order valence-corrected chi connectivity index (χ3v) is 5.48. The van der Waals surface area contributed by atoms with E-state index in [1.165, 1.54) is 18.2 Å². The Labute approximate surface area is 175 Å². The second-order valence-corrected chi connectivity index (χ2v) is 7.91. The molecule has 1 fully saturated rings. The van der Waals surface area contributed by atoms with Crippen LogP contribution in [0.1, 0.15) is 32.4 Å². The molecule has 29 heavy (non-hydrogen) atoms. The molecule has 156 valence electrons. The van der Waals surface area contributed by atoms with Crippen LogP contribution in [0.15, 0.2) is 32.5 Å². The molecule has 1 aliphatic heterocycles. The van der Waals surface area contributed by atoms with Gasteiger partial charge in [0.2, 0.25) is 17.6 Å². The third-order valence-electron chi connectivity index (χ3n) is 4.87. The summed E-state index contributed by atoms with van der Waals surface area (Å²) in [7, 11) is 0.